The Labute approximate surface area is 97.4 Å². The lowest BCUT2D eigenvalue weighted by Gasteiger charge is -2.30. The van der Waals surface area contributed by atoms with E-state index in [2.05, 4.69) is 31.0 Å². The molecule has 0 amide bonds. The summed E-state index contributed by atoms with van der Waals surface area (Å²) in [7, 11) is 0. The number of aliphatic imine (C=N–C) groups is 1. The van der Waals surface area contributed by atoms with Crippen molar-refractivity contribution in [2.45, 2.75) is 32.8 Å². The van der Waals surface area contributed by atoms with Crippen LogP contribution in [-0.2, 0) is 4.74 Å². The van der Waals surface area contributed by atoms with Crippen LogP contribution in [0.3, 0.4) is 0 Å². The molecule has 1 heterocycles. The van der Waals surface area contributed by atoms with Crippen LogP contribution in [0, 0.1) is 5.92 Å². The van der Waals surface area contributed by atoms with Crippen molar-refractivity contribution in [3.63, 3.8) is 0 Å². The van der Waals surface area contributed by atoms with E-state index < -0.39 is 0 Å². The van der Waals surface area contributed by atoms with Crippen LogP contribution in [-0.4, -0.2) is 18.5 Å². The van der Waals surface area contributed by atoms with Crippen LogP contribution in [0.1, 0.15) is 32.3 Å². The summed E-state index contributed by atoms with van der Waals surface area (Å²) < 4.78 is 5.98. The van der Waals surface area contributed by atoms with Crippen LogP contribution in [0.15, 0.2) is 35.3 Å². The Morgan fingerprint density at radius 1 is 1.19 bits per heavy atom. The molecule has 1 aliphatic rings. The van der Waals surface area contributed by atoms with E-state index in [9.17, 15) is 0 Å². The van der Waals surface area contributed by atoms with Crippen molar-refractivity contribution in [3.05, 3.63) is 35.9 Å². The predicted octanol–water partition coefficient (Wildman–Crippen LogP) is 3.27. The smallest absolute Gasteiger partial charge is 0.216 e. The highest BCUT2D eigenvalue weighted by Gasteiger charge is 2.25. The minimum Gasteiger partial charge on any atom is -0.474 e. The highest BCUT2D eigenvalue weighted by molar-refractivity contribution is 5.94. The molecule has 2 atom stereocenters. The topological polar surface area (TPSA) is 21.6 Å². The summed E-state index contributed by atoms with van der Waals surface area (Å²) in [6.45, 7) is 5.29. The summed E-state index contributed by atoms with van der Waals surface area (Å²) >= 11 is 0. The molecule has 0 aromatic heterocycles. The second-order valence-corrected chi connectivity index (χ2v) is 4.24. The zero-order valence-corrected chi connectivity index (χ0v) is 10.0. The highest BCUT2D eigenvalue weighted by atomic mass is 16.5. The van der Waals surface area contributed by atoms with E-state index in [0.717, 1.165) is 30.8 Å². The molecule has 1 aromatic rings. The molecular formula is C14H19NO. The molecule has 0 unspecified atom stereocenters. The van der Waals surface area contributed by atoms with Crippen molar-refractivity contribution < 1.29 is 4.74 Å². The van der Waals surface area contributed by atoms with Crippen molar-refractivity contribution >= 4 is 5.90 Å². The second kappa shape index (κ2) is 5.15. The molecule has 0 saturated carbocycles. The predicted molar refractivity (Wildman–Crippen MR) is 66.8 cm³/mol. The van der Waals surface area contributed by atoms with E-state index in [1.54, 1.807) is 0 Å². The minimum absolute atomic E-state index is 0.331. The van der Waals surface area contributed by atoms with E-state index in [4.69, 9.17) is 4.74 Å². The van der Waals surface area contributed by atoms with Gasteiger partial charge in [0.1, 0.15) is 6.10 Å². The van der Waals surface area contributed by atoms with Gasteiger partial charge in [0.2, 0.25) is 5.90 Å². The van der Waals surface area contributed by atoms with Crippen LogP contribution in [0.25, 0.3) is 0 Å². The van der Waals surface area contributed by atoms with Crippen molar-refractivity contribution in [1.82, 2.24) is 0 Å². The number of benzene rings is 1. The fourth-order valence-corrected chi connectivity index (χ4v) is 2.14. The summed E-state index contributed by atoms with van der Waals surface area (Å²) in [5.74, 6) is 1.40. The fourth-order valence-electron chi connectivity index (χ4n) is 2.14. The summed E-state index contributed by atoms with van der Waals surface area (Å²) in [5, 5.41) is 0. The summed E-state index contributed by atoms with van der Waals surface area (Å²) in [4.78, 5) is 4.54. The van der Waals surface area contributed by atoms with Crippen molar-refractivity contribution in [2.24, 2.45) is 10.9 Å². The van der Waals surface area contributed by atoms with E-state index in [1.165, 1.54) is 0 Å². The second-order valence-electron chi connectivity index (χ2n) is 4.24. The standard InChI is InChI=1S/C14H19NO/c1-3-11-10-15-14(16-13(11)4-2)12-8-6-5-7-9-12/h5-9,11,13H,3-4,10H2,1-2H3/t11-,13+/m0/s1. The maximum Gasteiger partial charge on any atom is 0.216 e. The lowest BCUT2D eigenvalue weighted by molar-refractivity contribution is 0.103. The van der Waals surface area contributed by atoms with Crippen LogP contribution < -0.4 is 0 Å². The first kappa shape index (κ1) is 11.2. The first-order valence-corrected chi connectivity index (χ1v) is 6.11. The molecule has 0 N–H and O–H groups in total. The van der Waals surface area contributed by atoms with Crippen LogP contribution in [0.5, 0.6) is 0 Å². The normalized spacial score (nSPS) is 24.8. The third kappa shape index (κ3) is 2.26. The van der Waals surface area contributed by atoms with Gasteiger partial charge >= 0.3 is 0 Å². The summed E-state index contributed by atoms with van der Waals surface area (Å²) in [6, 6.07) is 10.2. The quantitative estimate of drug-likeness (QED) is 0.761. The molecule has 1 aliphatic heterocycles. The zero-order chi connectivity index (χ0) is 11.4. The molecule has 16 heavy (non-hydrogen) atoms. The Bertz CT molecular complexity index is 358. The number of nitrogens with zero attached hydrogens (tertiary/aromatic N) is 1. The molecule has 2 heteroatoms. The maximum absolute atomic E-state index is 5.98. The lowest BCUT2D eigenvalue weighted by atomic mass is 9.96. The SMILES string of the molecule is CC[C@H]1CN=C(c2ccccc2)O[C@@H]1CC. The van der Waals surface area contributed by atoms with Gasteiger partial charge in [-0.15, -0.1) is 0 Å². The summed E-state index contributed by atoms with van der Waals surface area (Å²) in [6.07, 6.45) is 2.53. The van der Waals surface area contributed by atoms with Gasteiger partial charge in [0.15, 0.2) is 0 Å². The molecule has 0 bridgehead atoms. The maximum atomic E-state index is 5.98. The highest BCUT2D eigenvalue weighted by Crippen LogP contribution is 2.22. The minimum atomic E-state index is 0.331. The van der Waals surface area contributed by atoms with Crippen LogP contribution in [0.4, 0.5) is 0 Å². The van der Waals surface area contributed by atoms with E-state index in [1.807, 2.05) is 18.2 Å². The van der Waals surface area contributed by atoms with E-state index in [0.29, 0.717) is 12.0 Å². The van der Waals surface area contributed by atoms with Crippen molar-refractivity contribution in [3.8, 4) is 0 Å². The summed E-state index contributed by atoms with van der Waals surface area (Å²) in [5.41, 5.74) is 1.09. The molecule has 1 aromatic carbocycles. The van der Waals surface area contributed by atoms with Crippen LogP contribution >= 0.6 is 0 Å². The number of ether oxygens (including phenoxy) is 1. The first-order valence-electron chi connectivity index (χ1n) is 6.11. The monoisotopic (exact) mass is 217 g/mol. The number of hydrogen-bond acceptors (Lipinski definition) is 2. The Morgan fingerprint density at radius 2 is 1.94 bits per heavy atom. The Kier molecular flexibility index (Phi) is 3.60. The zero-order valence-electron chi connectivity index (χ0n) is 10.0. The van der Waals surface area contributed by atoms with E-state index >= 15 is 0 Å². The number of hydrogen-bond donors (Lipinski definition) is 0. The van der Waals surface area contributed by atoms with Gasteiger partial charge in [-0.1, -0.05) is 32.0 Å². The van der Waals surface area contributed by atoms with Gasteiger partial charge in [-0.2, -0.15) is 0 Å². The molecule has 0 fully saturated rings. The van der Waals surface area contributed by atoms with Gasteiger partial charge in [0.25, 0.3) is 0 Å². The molecular weight excluding hydrogens is 198 g/mol. The molecule has 0 spiro atoms. The van der Waals surface area contributed by atoms with Gasteiger partial charge in [-0.05, 0) is 25.0 Å². The van der Waals surface area contributed by atoms with Gasteiger partial charge < -0.3 is 4.74 Å². The molecule has 2 rings (SSSR count). The Hall–Kier alpha value is -1.31. The fraction of sp³-hybridized carbons (Fsp3) is 0.500. The van der Waals surface area contributed by atoms with Gasteiger partial charge in [0.05, 0.1) is 0 Å². The molecule has 0 aliphatic carbocycles. The molecule has 86 valence electrons. The Morgan fingerprint density at radius 3 is 2.56 bits per heavy atom. The van der Waals surface area contributed by atoms with Crippen molar-refractivity contribution in [1.29, 1.82) is 0 Å². The lowest BCUT2D eigenvalue weighted by Crippen LogP contribution is -2.33. The average molecular weight is 217 g/mol. The van der Waals surface area contributed by atoms with Gasteiger partial charge in [-0.25, -0.2) is 0 Å². The largest absolute Gasteiger partial charge is 0.474 e. The van der Waals surface area contributed by atoms with Crippen molar-refractivity contribution in [2.75, 3.05) is 6.54 Å². The van der Waals surface area contributed by atoms with Crippen LogP contribution in [0.2, 0.25) is 0 Å². The molecule has 2 nitrogen and oxygen atoms in total. The first-order chi connectivity index (χ1) is 7.85. The van der Waals surface area contributed by atoms with E-state index in [-0.39, 0.29) is 0 Å². The molecule has 0 saturated heterocycles. The Balaban J connectivity index is 2.16. The third-order valence-corrected chi connectivity index (χ3v) is 3.21. The van der Waals surface area contributed by atoms with Gasteiger partial charge in [-0.3, -0.25) is 4.99 Å². The third-order valence-electron chi connectivity index (χ3n) is 3.21. The average Bonchev–Trinajstić information content (AvgIpc) is 2.39. The molecule has 0 radical (unpaired) electrons. The number of rotatable bonds is 3. The van der Waals surface area contributed by atoms with Gasteiger partial charge in [0, 0.05) is 18.0 Å².